The highest BCUT2D eigenvalue weighted by molar-refractivity contribution is 6.31. The largest absolute Gasteiger partial charge is 0.386 e. The second kappa shape index (κ2) is 9.28. The summed E-state index contributed by atoms with van der Waals surface area (Å²) >= 11 is 6.12. The third-order valence-corrected chi connectivity index (χ3v) is 6.07. The smallest absolute Gasteiger partial charge is 0.0843 e. The second-order valence-corrected chi connectivity index (χ2v) is 9.12. The van der Waals surface area contributed by atoms with Crippen molar-refractivity contribution in [2.24, 2.45) is 0 Å². The third-order valence-electron chi connectivity index (χ3n) is 5.84. The average Bonchev–Trinajstić information content (AvgIpc) is 2.78. The molecule has 0 aliphatic carbocycles. The van der Waals surface area contributed by atoms with E-state index in [1.54, 1.807) is 0 Å². The molecule has 0 aliphatic heterocycles. The highest BCUT2D eigenvalue weighted by Gasteiger charge is 2.24. The van der Waals surface area contributed by atoms with E-state index >= 15 is 0 Å². The molecule has 1 heterocycles. The highest BCUT2D eigenvalue weighted by atomic mass is 35.5. The minimum atomic E-state index is -0.883. The number of benzene rings is 3. The number of hydrogen-bond acceptors (Lipinski definition) is 2. The van der Waals surface area contributed by atoms with Crippen LogP contribution < -0.4 is 0 Å². The minimum absolute atomic E-state index is 0.215. The normalized spacial score (nSPS) is 13.0. The second-order valence-electron chi connectivity index (χ2n) is 8.68. The summed E-state index contributed by atoms with van der Waals surface area (Å²) in [5.41, 5.74) is 5.42. The van der Waals surface area contributed by atoms with Crippen LogP contribution in [0.1, 0.15) is 61.1 Å². The van der Waals surface area contributed by atoms with Gasteiger partial charge >= 0.3 is 0 Å². The van der Waals surface area contributed by atoms with Crippen molar-refractivity contribution in [2.75, 3.05) is 0 Å². The Morgan fingerprint density at radius 1 is 0.938 bits per heavy atom. The lowest BCUT2D eigenvalue weighted by atomic mass is 9.81. The Kier molecular flexibility index (Phi) is 6.45. The van der Waals surface area contributed by atoms with E-state index in [0.29, 0.717) is 5.02 Å². The predicted molar refractivity (Wildman–Crippen MR) is 136 cm³/mol. The van der Waals surface area contributed by atoms with Crippen molar-refractivity contribution in [1.82, 2.24) is 4.98 Å². The van der Waals surface area contributed by atoms with Crippen LogP contribution in [0.4, 0.5) is 0 Å². The van der Waals surface area contributed by atoms with E-state index in [1.165, 1.54) is 11.1 Å². The maximum atomic E-state index is 10.7. The van der Waals surface area contributed by atoms with Gasteiger partial charge in [-0.2, -0.15) is 0 Å². The molecule has 1 atom stereocenters. The minimum Gasteiger partial charge on any atom is -0.386 e. The lowest BCUT2D eigenvalue weighted by Crippen LogP contribution is -2.19. The van der Waals surface area contributed by atoms with Gasteiger partial charge in [0.25, 0.3) is 0 Å². The van der Waals surface area contributed by atoms with Crippen LogP contribution in [0.25, 0.3) is 23.1 Å². The Labute approximate surface area is 195 Å². The number of nitrogens with zero attached hydrogens (tertiary/aromatic N) is 1. The van der Waals surface area contributed by atoms with Crippen LogP contribution in [0.2, 0.25) is 5.02 Å². The Morgan fingerprint density at radius 3 is 2.50 bits per heavy atom. The van der Waals surface area contributed by atoms with Crippen molar-refractivity contribution < 1.29 is 5.11 Å². The van der Waals surface area contributed by atoms with Gasteiger partial charge in [-0.3, -0.25) is 0 Å². The topological polar surface area (TPSA) is 33.1 Å². The summed E-state index contributed by atoms with van der Waals surface area (Å²) in [7, 11) is 0. The van der Waals surface area contributed by atoms with Gasteiger partial charge in [0.1, 0.15) is 0 Å². The molecule has 1 aromatic heterocycles. The van der Waals surface area contributed by atoms with Gasteiger partial charge < -0.3 is 5.11 Å². The highest BCUT2D eigenvalue weighted by Crippen LogP contribution is 2.35. The maximum absolute atomic E-state index is 10.7. The fourth-order valence-corrected chi connectivity index (χ4v) is 4.42. The van der Waals surface area contributed by atoms with Crippen molar-refractivity contribution in [1.29, 1.82) is 0 Å². The molecule has 0 radical (unpaired) electrons. The summed E-state index contributed by atoms with van der Waals surface area (Å²) in [6.07, 6.45) is 5.08. The zero-order valence-electron chi connectivity index (χ0n) is 18.7. The van der Waals surface area contributed by atoms with Gasteiger partial charge in [0.05, 0.1) is 16.8 Å². The molecular formula is C29H28ClNO. The van der Waals surface area contributed by atoms with Gasteiger partial charge in [-0.05, 0) is 66.8 Å². The molecule has 0 fully saturated rings. The molecule has 4 rings (SSSR count). The van der Waals surface area contributed by atoms with Gasteiger partial charge in [0.15, 0.2) is 0 Å². The summed E-state index contributed by atoms with van der Waals surface area (Å²) in [6, 6.07) is 26.6. The Balaban J connectivity index is 1.65. The molecule has 0 saturated heterocycles. The van der Waals surface area contributed by atoms with Crippen molar-refractivity contribution in [3.8, 4) is 0 Å². The van der Waals surface area contributed by atoms with Crippen LogP contribution >= 0.6 is 11.6 Å². The molecule has 1 N–H and O–H groups in total. The molecule has 0 amide bonds. The average molecular weight is 442 g/mol. The molecule has 2 nitrogen and oxygen atoms in total. The summed E-state index contributed by atoms with van der Waals surface area (Å²) in [4.78, 5) is 4.71. The Bertz CT molecular complexity index is 1270. The number of halogens is 1. The fourth-order valence-electron chi connectivity index (χ4n) is 4.25. The van der Waals surface area contributed by atoms with Crippen molar-refractivity contribution in [3.63, 3.8) is 0 Å². The number of hydrogen-bond donors (Lipinski definition) is 1. The van der Waals surface area contributed by atoms with E-state index in [4.69, 9.17) is 16.6 Å². The zero-order chi connectivity index (χ0) is 22.7. The van der Waals surface area contributed by atoms with E-state index in [1.807, 2.05) is 56.3 Å². The van der Waals surface area contributed by atoms with Crippen LogP contribution in [-0.4, -0.2) is 10.1 Å². The summed E-state index contributed by atoms with van der Waals surface area (Å²) in [5, 5.41) is 12.5. The molecule has 0 aliphatic rings. The number of fused-ring (bicyclic) bond motifs is 1. The van der Waals surface area contributed by atoms with Crippen molar-refractivity contribution in [2.45, 2.75) is 38.7 Å². The van der Waals surface area contributed by atoms with E-state index in [2.05, 4.69) is 55.5 Å². The third kappa shape index (κ3) is 4.93. The molecule has 3 aromatic carbocycles. The van der Waals surface area contributed by atoms with Crippen LogP contribution in [0, 0.1) is 0 Å². The number of aromatic nitrogens is 1. The number of aliphatic hydroxyl groups is 1. The van der Waals surface area contributed by atoms with Crippen LogP contribution in [0.3, 0.4) is 0 Å². The standard InChI is InChI=1S/C29H28ClNO/c1-4-25(26-10-5-6-11-27(26)29(2,3)32)22-9-7-8-20(18-22)12-16-24-17-14-21-13-15-23(30)19-28(21)31-24/h5-19,25,32H,4H2,1-3H3. The first-order valence-corrected chi connectivity index (χ1v) is 11.4. The van der Waals surface area contributed by atoms with E-state index in [-0.39, 0.29) is 5.92 Å². The van der Waals surface area contributed by atoms with Gasteiger partial charge in [-0.25, -0.2) is 4.98 Å². The van der Waals surface area contributed by atoms with Crippen LogP contribution in [0.15, 0.2) is 78.9 Å². The van der Waals surface area contributed by atoms with Gasteiger partial charge in [0.2, 0.25) is 0 Å². The molecular weight excluding hydrogens is 414 g/mol. The molecule has 0 spiro atoms. The van der Waals surface area contributed by atoms with Crippen molar-refractivity contribution >= 4 is 34.7 Å². The Morgan fingerprint density at radius 2 is 1.72 bits per heavy atom. The quantitative estimate of drug-likeness (QED) is 0.330. The van der Waals surface area contributed by atoms with Crippen LogP contribution in [0.5, 0.6) is 0 Å². The predicted octanol–water partition coefficient (Wildman–Crippen LogP) is 7.83. The number of rotatable bonds is 6. The summed E-state index contributed by atoms with van der Waals surface area (Å²) in [5.74, 6) is 0.215. The SMILES string of the molecule is CCC(c1cccc(C=Cc2ccc3ccc(Cl)cc3n2)c1)c1ccccc1C(C)(C)O. The lowest BCUT2D eigenvalue weighted by molar-refractivity contribution is 0.0773. The van der Waals surface area contributed by atoms with E-state index < -0.39 is 5.60 Å². The first-order valence-electron chi connectivity index (χ1n) is 11.0. The molecule has 4 aromatic rings. The molecule has 1 unspecified atom stereocenters. The van der Waals surface area contributed by atoms with E-state index in [9.17, 15) is 5.11 Å². The maximum Gasteiger partial charge on any atom is 0.0843 e. The summed E-state index contributed by atoms with van der Waals surface area (Å²) < 4.78 is 0. The molecule has 0 saturated carbocycles. The Hall–Kier alpha value is -2.94. The first kappa shape index (κ1) is 22.3. The zero-order valence-corrected chi connectivity index (χ0v) is 19.5. The van der Waals surface area contributed by atoms with Gasteiger partial charge in [-0.15, -0.1) is 0 Å². The molecule has 32 heavy (non-hydrogen) atoms. The summed E-state index contributed by atoms with van der Waals surface area (Å²) in [6.45, 7) is 5.89. The number of pyridine rings is 1. The van der Waals surface area contributed by atoms with Gasteiger partial charge in [0, 0.05) is 16.3 Å². The monoisotopic (exact) mass is 441 g/mol. The lowest BCUT2D eigenvalue weighted by Gasteiger charge is -2.26. The van der Waals surface area contributed by atoms with E-state index in [0.717, 1.165) is 34.1 Å². The molecule has 162 valence electrons. The van der Waals surface area contributed by atoms with Crippen LogP contribution in [-0.2, 0) is 5.60 Å². The van der Waals surface area contributed by atoms with Gasteiger partial charge in [-0.1, -0.05) is 85.3 Å². The fraction of sp³-hybridized carbons (Fsp3) is 0.207. The molecule has 0 bridgehead atoms. The van der Waals surface area contributed by atoms with Crippen molar-refractivity contribution in [3.05, 3.63) is 112 Å². The molecule has 3 heteroatoms. The first-order chi connectivity index (χ1) is 15.3.